The minimum Gasteiger partial charge on any atom is -0.332 e. The number of fused-ring (bicyclic) bond motifs is 3. The molecule has 0 N–H and O–H groups in total. The third-order valence-corrected chi connectivity index (χ3v) is 2.86. The molecule has 106 valence electrons. The first-order chi connectivity index (χ1) is 10.1. The number of carbonyl (C=O) groups is 2. The smallest absolute Gasteiger partial charge is 0.330 e. The molecular weight excluding hydrogens is 272 g/mol. The van der Waals surface area contributed by atoms with Crippen molar-refractivity contribution in [3.8, 4) is 0 Å². The van der Waals surface area contributed by atoms with Crippen LogP contribution in [0.2, 0.25) is 0 Å². The summed E-state index contributed by atoms with van der Waals surface area (Å²) in [6, 6.07) is 8.90. The second-order valence-corrected chi connectivity index (χ2v) is 4.45. The predicted molar refractivity (Wildman–Crippen MR) is 75.4 cm³/mol. The number of carbonyl (C=O) groups excluding carboxylic acids is 2. The number of amides is 1. The van der Waals surface area contributed by atoms with Crippen LogP contribution in [0, 0.1) is 0 Å². The summed E-state index contributed by atoms with van der Waals surface area (Å²) >= 11 is 0. The topological polar surface area (TPSA) is 76.8 Å². The first-order valence-corrected chi connectivity index (χ1v) is 6.29. The van der Waals surface area contributed by atoms with Crippen LogP contribution in [0.15, 0.2) is 36.5 Å². The molecule has 3 rings (SSSR count). The molecule has 0 saturated heterocycles. The van der Waals surface area contributed by atoms with Crippen molar-refractivity contribution in [1.29, 1.82) is 0 Å². The Morgan fingerprint density at radius 1 is 1.14 bits per heavy atom. The number of hydrogen-bond acceptors (Lipinski definition) is 5. The van der Waals surface area contributed by atoms with Gasteiger partial charge in [-0.05, 0) is 24.3 Å². The predicted octanol–water partition coefficient (Wildman–Crippen LogP) is 1.71. The fourth-order valence-corrected chi connectivity index (χ4v) is 2.04. The normalized spacial score (nSPS) is 10.8. The number of hydroxylamine groups is 1. The van der Waals surface area contributed by atoms with E-state index in [9.17, 15) is 9.59 Å². The molecule has 0 aliphatic rings. The van der Waals surface area contributed by atoms with Gasteiger partial charge >= 0.3 is 5.97 Å². The zero-order valence-corrected chi connectivity index (χ0v) is 11.5. The molecule has 0 radical (unpaired) electrons. The third-order valence-electron chi connectivity index (χ3n) is 2.86. The van der Waals surface area contributed by atoms with Crippen LogP contribution >= 0.6 is 0 Å². The van der Waals surface area contributed by atoms with Gasteiger partial charge in [-0.1, -0.05) is 6.07 Å². The van der Waals surface area contributed by atoms with E-state index in [1.807, 2.05) is 24.4 Å². The van der Waals surface area contributed by atoms with E-state index >= 15 is 0 Å². The fraction of sp³-hybridized carbons (Fsp3) is 0.143. The van der Waals surface area contributed by atoms with E-state index in [0.717, 1.165) is 10.7 Å². The summed E-state index contributed by atoms with van der Waals surface area (Å²) in [5.74, 6) is -0.799. The van der Waals surface area contributed by atoms with Gasteiger partial charge in [-0.3, -0.25) is 9.20 Å². The van der Waals surface area contributed by atoms with E-state index in [1.165, 1.54) is 13.8 Å². The molecule has 3 aromatic heterocycles. The molecule has 0 fully saturated rings. The molecule has 0 spiro atoms. The first kappa shape index (κ1) is 13.0. The first-order valence-electron chi connectivity index (χ1n) is 6.29. The molecule has 7 heteroatoms. The molecule has 3 aromatic rings. The Balaban J connectivity index is 2.16. The van der Waals surface area contributed by atoms with Gasteiger partial charge in [0, 0.05) is 20.0 Å². The van der Waals surface area contributed by atoms with Crippen LogP contribution in [-0.2, 0) is 14.4 Å². The van der Waals surface area contributed by atoms with Gasteiger partial charge in [0.1, 0.15) is 11.2 Å². The SMILES string of the molecule is CC(=O)ON(C(C)=O)c1ccc2nc3ccccn3c2n1. The van der Waals surface area contributed by atoms with Gasteiger partial charge in [0.15, 0.2) is 11.5 Å². The average molecular weight is 284 g/mol. The van der Waals surface area contributed by atoms with Crippen molar-refractivity contribution in [3.63, 3.8) is 0 Å². The summed E-state index contributed by atoms with van der Waals surface area (Å²) in [7, 11) is 0. The molecule has 0 atom stereocenters. The number of nitrogens with zero attached hydrogens (tertiary/aromatic N) is 4. The maximum Gasteiger partial charge on any atom is 0.330 e. The lowest BCUT2D eigenvalue weighted by molar-refractivity contribution is -0.147. The summed E-state index contributed by atoms with van der Waals surface area (Å²) in [5.41, 5.74) is 2.02. The molecule has 0 unspecified atom stereocenters. The quantitative estimate of drug-likeness (QED) is 0.636. The molecule has 0 aliphatic heterocycles. The van der Waals surface area contributed by atoms with E-state index in [4.69, 9.17) is 4.84 Å². The minimum atomic E-state index is -0.592. The number of aromatic nitrogens is 3. The summed E-state index contributed by atoms with van der Waals surface area (Å²) in [5, 5.41) is 0.865. The number of anilines is 1. The van der Waals surface area contributed by atoms with E-state index in [1.54, 1.807) is 16.5 Å². The van der Waals surface area contributed by atoms with Crippen LogP contribution in [0.5, 0.6) is 0 Å². The van der Waals surface area contributed by atoms with Crippen LogP contribution in [0.3, 0.4) is 0 Å². The van der Waals surface area contributed by atoms with Crippen molar-refractivity contribution in [2.24, 2.45) is 0 Å². The Morgan fingerprint density at radius 3 is 2.67 bits per heavy atom. The molecule has 0 bridgehead atoms. The minimum absolute atomic E-state index is 0.232. The van der Waals surface area contributed by atoms with Crippen molar-refractivity contribution < 1.29 is 14.4 Å². The molecule has 21 heavy (non-hydrogen) atoms. The largest absolute Gasteiger partial charge is 0.332 e. The van der Waals surface area contributed by atoms with Gasteiger partial charge in [-0.15, -0.1) is 5.06 Å². The summed E-state index contributed by atoms with van der Waals surface area (Å²) in [6.45, 7) is 2.52. The third kappa shape index (κ3) is 2.29. The Morgan fingerprint density at radius 2 is 1.95 bits per heavy atom. The average Bonchev–Trinajstić information content (AvgIpc) is 2.82. The maximum atomic E-state index is 11.6. The van der Waals surface area contributed by atoms with Gasteiger partial charge < -0.3 is 4.84 Å². The van der Waals surface area contributed by atoms with Crippen LogP contribution in [-0.4, -0.2) is 26.2 Å². The second kappa shape index (κ2) is 4.86. The summed E-state index contributed by atoms with van der Waals surface area (Å²) < 4.78 is 1.80. The monoisotopic (exact) mass is 284 g/mol. The van der Waals surface area contributed by atoms with Crippen LogP contribution in [0.1, 0.15) is 13.8 Å². The van der Waals surface area contributed by atoms with Gasteiger partial charge in [0.25, 0.3) is 5.91 Å². The highest BCUT2D eigenvalue weighted by Crippen LogP contribution is 2.20. The summed E-state index contributed by atoms with van der Waals surface area (Å²) in [4.78, 5) is 36.4. The molecule has 0 aliphatic carbocycles. The van der Waals surface area contributed by atoms with Crippen LogP contribution in [0.25, 0.3) is 16.8 Å². The number of pyridine rings is 2. The molecule has 7 nitrogen and oxygen atoms in total. The highest BCUT2D eigenvalue weighted by Gasteiger charge is 2.18. The zero-order chi connectivity index (χ0) is 15.0. The Labute approximate surface area is 119 Å². The van der Waals surface area contributed by atoms with Gasteiger partial charge in [-0.2, -0.15) is 0 Å². The number of hydrogen-bond donors (Lipinski definition) is 0. The van der Waals surface area contributed by atoms with Gasteiger partial charge in [0.2, 0.25) is 0 Å². The van der Waals surface area contributed by atoms with Gasteiger partial charge in [0.05, 0.1) is 0 Å². The molecule has 0 aromatic carbocycles. The zero-order valence-electron chi connectivity index (χ0n) is 11.5. The van der Waals surface area contributed by atoms with Crippen LogP contribution < -0.4 is 5.06 Å². The lowest BCUT2D eigenvalue weighted by Crippen LogP contribution is -2.31. The Bertz CT molecular complexity index is 856. The van der Waals surface area contributed by atoms with Crippen molar-refractivity contribution in [3.05, 3.63) is 36.5 Å². The molecule has 0 saturated carbocycles. The Kier molecular flexibility index (Phi) is 3.02. The van der Waals surface area contributed by atoms with Crippen molar-refractivity contribution in [2.45, 2.75) is 13.8 Å². The van der Waals surface area contributed by atoms with E-state index in [2.05, 4.69) is 9.97 Å². The fourth-order valence-electron chi connectivity index (χ4n) is 2.04. The van der Waals surface area contributed by atoms with E-state index in [0.29, 0.717) is 11.2 Å². The Hall–Kier alpha value is -2.96. The molecule has 1 amide bonds. The number of rotatable bonds is 1. The second-order valence-electron chi connectivity index (χ2n) is 4.45. The number of imidazole rings is 1. The van der Waals surface area contributed by atoms with Crippen LogP contribution in [0.4, 0.5) is 5.82 Å². The molecular formula is C14H12N4O3. The lowest BCUT2D eigenvalue weighted by atomic mass is 10.4. The van der Waals surface area contributed by atoms with E-state index in [-0.39, 0.29) is 5.82 Å². The van der Waals surface area contributed by atoms with Crippen molar-refractivity contribution in [2.75, 3.05) is 5.06 Å². The molecule has 3 heterocycles. The highest BCUT2D eigenvalue weighted by atomic mass is 16.7. The van der Waals surface area contributed by atoms with E-state index < -0.39 is 11.9 Å². The van der Waals surface area contributed by atoms with Gasteiger partial charge in [-0.25, -0.2) is 14.8 Å². The maximum absolute atomic E-state index is 11.6. The highest BCUT2D eigenvalue weighted by molar-refractivity contribution is 5.91. The van der Waals surface area contributed by atoms with Crippen molar-refractivity contribution in [1.82, 2.24) is 14.4 Å². The standard InChI is InChI=1S/C14H12N4O3/c1-9(19)18(21-10(2)20)13-7-6-11-14(16-13)17-8-4-3-5-12(17)15-11/h3-8H,1-2H3. The van der Waals surface area contributed by atoms with Crippen molar-refractivity contribution >= 4 is 34.5 Å². The summed E-state index contributed by atoms with van der Waals surface area (Å²) in [6.07, 6.45) is 1.82. The lowest BCUT2D eigenvalue weighted by Gasteiger charge is -2.17.